The number of hydrogen-bond donors (Lipinski definition) is 0. The van der Waals surface area contributed by atoms with Crippen molar-refractivity contribution in [2.45, 2.75) is 51.9 Å². The van der Waals surface area contributed by atoms with Gasteiger partial charge in [-0.2, -0.15) is 0 Å². The Hall–Kier alpha value is -1.33. The first kappa shape index (κ1) is 19.0. The molecule has 0 aliphatic rings. The summed E-state index contributed by atoms with van der Waals surface area (Å²) in [6.07, 6.45) is 0. The minimum atomic E-state index is -1.64. The van der Waals surface area contributed by atoms with Gasteiger partial charge in [-0.1, -0.05) is 18.2 Å². The van der Waals surface area contributed by atoms with E-state index in [1.807, 2.05) is 0 Å². The molecule has 0 radical (unpaired) electrons. The van der Waals surface area contributed by atoms with Crippen LogP contribution in [-0.2, 0) is 0 Å². The number of anilines is 1. The maximum Gasteiger partial charge on any atom is 0.100 e. The van der Waals surface area contributed by atoms with Crippen molar-refractivity contribution in [3.63, 3.8) is 0 Å². The standard InChI is InChI=1S/C22H33NP/c1-21(2,3)24(22(4,5)6,19-12-10-9-11-13-19)20-16-14-18(15-17-20)23(7)8/h9-17H,1-8H3/q+1. The molecule has 0 saturated heterocycles. The normalized spacial score (nSPS) is 13.0. The largest absolute Gasteiger partial charge is 0.378 e. The van der Waals surface area contributed by atoms with Crippen LogP contribution in [0.4, 0.5) is 5.69 Å². The van der Waals surface area contributed by atoms with Crippen molar-refractivity contribution < 1.29 is 0 Å². The van der Waals surface area contributed by atoms with Crippen LogP contribution < -0.4 is 15.5 Å². The Morgan fingerprint density at radius 3 is 1.42 bits per heavy atom. The molecule has 0 heterocycles. The molecule has 0 bridgehead atoms. The Morgan fingerprint density at radius 2 is 1.04 bits per heavy atom. The molecule has 0 atom stereocenters. The number of benzene rings is 2. The topological polar surface area (TPSA) is 3.24 Å². The van der Waals surface area contributed by atoms with Crippen LogP contribution in [0.3, 0.4) is 0 Å². The minimum absolute atomic E-state index is 0.187. The predicted molar refractivity (Wildman–Crippen MR) is 113 cm³/mol. The second kappa shape index (κ2) is 6.52. The summed E-state index contributed by atoms with van der Waals surface area (Å²) >= 11 is 0. The lowest BCUT2D eigenvalue weighted by molar-refractivity contribution is 0.703. The van der Waals surface area contributed by atoms with E-state index in [-0.39, 0.29) is 10.3 Å². The van der Waals surface area contributed by atoms with Gasteiger partial charge in [0.25, 0.3) is 0 Å². The SMILES string of the molecule is CN(C)c1ccc([P+](c2ccccc2)(C(C)(C)C)C(C)(C)C)cc1. The van der Waals surface area contributed by atoms with Crippen LogP contribution in [0, 0.1) is 0 Å². The van der Waals surface area contributed by atoms with E-state index in [0.29, 0.717) is 0 Å². The zero-order valence-electron chi connectivity index (χ0n) is 16.6. The van der Waals surface area contributed by atoms with Gasteiger partial charge in [-0.05, 0) is 77.9 Å². The van der Waals surface area contributed by atoms with Crippen LogP contribution in [0.2, 0.25) is 0 Å². The van der Waals surface area contributed by atoms with Gasteiger partial charge in [-0.25, -0.2) is 0 Å². The van der Waals surface area contributed by atoms with Crippen LogP contribution in [-0.4, -0.2) is 24.4 Å². The highest BCUT2D eigenvalue weighted by molar-refractivity contribution is 7.91. The van der Waals surface area contributed by atoms with Gasteiger partial charge in [0.2, 0.25) is 0 Å². The first-order valence-corrected chi connectivity index (χ1v) is 10.5. The van der Waals surface area contributed by atoms with Crippen molar-refractivity contribution in [1.29, 1.82) is 0 Å². The van der Waals surface area contributed by atoms with E-state index in [0.717, 1.165) is 0 Å². The molecule has 2 aromatic rings. The quantitative estimate of drug-likeness (QED) is 0.683. The summed E-state index contributed by atoms with van der Waals surface area (Å²) in [5.74, 6) is 0. The number of hydrogen-bond acceptors (Lipinski definition) is 1. The molecule has 0 fully saturated rings. The Morgan fingerprint density at radius 1 is 0.625 bits per heavy atom. The Balaban J connectivity index is 2.80. The second-order valence-corrected chi connectivity index (χ2v) is 13.8. The van der Waals surface area contributed by atoms with Crippen LogP contribution in [0.5, 0.6) is 0 Å². The monoisotopic (exact) mass is 342 g/mol. The lowest BCUT2D eigenvalue weighted by Crippen LogP contribution is -2.46. The van der Waals surface area contributed by atoms with Crippen LogP contribution in [0.15, 0.2) is 54.6 Å². The highest BCUT2D eigenvalue weighted by Crippen LogP contribution is 2.74. The first-order valence-electron chi connectivity index (χ1n) is 8.74. The Bertz CT molecular complexity index is 644. The molecule has 0 amide bonds. The maximum absolute atomic E-state index is 2.42. The zero-order valence-corrected chi connectivity index (χ0v) is 17.5. The van der Waals surface area contributed by atoms with E-state index in [9.17, 15) is 0 Å². The molecule has 130 valence electrons. The van der Waals surface area contributed by atoms with Crippen LogP contribution in [0.1, 0.15) is 41.5 Å². The summed E-state index contributed by atoms with van der Waals surface area (Å²) in [5.41, 5.74) is 1.26. The van der Waals surface area contributed by atoms with Crippen molar-refractivity contribution in [3.8, 4) is 0 Å². The lowest BCUT2D eigenvalue weighted by atomic mass is 10.2. The molecule has 0 aromatic heterocycles. The molecule has 2 rings (SSSR count). The second-order valence-electron chi connectivity index (χ2n) is 8.76. The van der Waals surface area contributed by atoms with Crippen molar-refractivity contribution in [2.75, 3.05) is 19.0 Å². The van der Waals surface area contributed by atoms with E-state index in [1.165, 1.54) is 16.3 Å². The molecule has 0 unspecified atom stereocenters. The van der Waals surface area contributed by atoms with E-state index >= 15 is 0 Å². The van der Waals surface area contributed by atoms with Crippen LogP contribution in [0.25, 0.3) is 0 Å². The van der Waals surface area contributed by atoms with E-state index in [2.05, 4.69) is 115 Å². The van der Waals surface area contributed by atoms with E-state index < -0.39 is 7.26 Å². The van der Waals surface area contributed by atoms with E-state index in [1.54, 1.807) is 0 Å². The highest BCUT2D eigenvalue weighted by atomic mass is 31.2. The molecule has 1 nitrogen and oxygen atoms in total. The third-order valence-electron chi connectivity index (χ3n) is 4.91. The summed E-state index contributed by atoms with van der Waals surface area (Å²) in [7, 11) is 2.56. The predicted octanol–water partition coefficient (Wildman–Crippen LogP) is 5.32. The fourth-order valence-corrected chi connectivity index (χ4v) is 11.0. The van der Waals surface area contributed by atoms with Crippen molar-refractivity contribution in [2.24, 2.45) is 0 Å². The first-order chi connectivity index (χ1) is 11.0. The molecule has 0 N–H and O–H groups in total. The Kier molecular flexibility index (Phi) is 5.17. The molecule has 0 aliphatic carbocycles. The van der Waals surface area contributed by atoms with Gasteiger partial charge in [-0.15, -0.1) is 0 Å². The average molecular weight is 342 g/mol. The molecular formula is C22H33NP+. The third kappa shape index (κ3) is 3.11. The highest BCUT2D eigenvalue weighted by Gasteiger charge is 2.60. The van der Waals surface area contributed by atoms with E-state index in [4.69, 9.17) is 0 Å². The number of rotatable bonds is 3. The fraction of sp³-hybridized carbons (Fsp3) is 0.455. The summed E-state index contributed by atoms with van der Waals surface area (Å²) in [4.78, 5) is 2.17. The summed E-state index contributed by atoms with van der Waals surface area (Å²) in [6, 6.07) is 20.5. The lowest BCUT2D eigenvalue weighted by Gasteiger charge is -2.46. The molecular weight excluding hydrogens is 309 g/mol. The van der Waals surface area contributed by atoms with Crippen LogP contribution >= 0.6 is 7.26 Å². The maximum atomic E-state index is 2.42. The van der Waals surface area contributed by atoms with Crippen molar-refractivity contribution in [1.82, 2.24) is 0 Å². The van der Waals surface area contributed by atoms with Crippen molar-refractivity contribution >= 4 is 23.6 Å². The zero-order chi connectivity index (χ0) is 18.2. The minimum Gasteiger partial charge on any atom is -0.378 e. The van der Waals surface area contributed by atoms with Crippen molar-refractivity contribution in [3.05, 3.63) is 54.6 Å². The van der Waals surface area contributed by atoms with Gasteiger partial charge >= 0.3 is 0 Å². The molecule has 0 spiro atoms. The molecule has 0 aliphatic heterocycles. The summed E-state index contributed by atoms with van der Waals surface area (Å²) < 4.78 is 0. The molecule has 2 aromatic carbocycles. The smallest absolute Gasteiger partial charge is 0.100 e. The summed E-state index contributed by atoms with van der Waals surface area (Å²) in [5, 5.41) is 3.38. The Labute approximate surface area is 149 Å². The van der Waals surface area contributed by atoms with Gasteiger partial charge in [0, 0.05) is 19.8 Å². The third-order valence-corrected chi connectivity index (χ3v) is 11.1. The summed E-state index contributed by atoms with van der Waals surface area (Å²) in [6.45, 7) is 14.5. The average Bonchev–Trinajstić information content (AvgIpc) is 2.46. The number of nitrogens with zero attached hydrogens (tertiary/aromatic N) is 1. The fourth-order valence-electron chi connectivity index (χ4n) is 4.33. The molecule has 0 saturated carbocycles. The molecule has 2 heteroatoms. The van der Waals surface area contributed by atoms with Gasteiger partial charge in [0.1, 0.15) is 10.6 Å². The van der Waals surface area contributed by atoms with Gasteiger partial charge in [0.15, 0.2) is 0 Å². The van der Waals surface area contributed by atoms with Gasteiger partial charge < -0.3 is 4.90 Å². The molecule has 24 heavy (non-hydrogen) atoms. The van der Waals surface area contributed by atoms with Gasteiger partial charge in [0.05, 0.1) is 17.6 Å². The van der Waals surface area contributed by atoms with Gasteiger partial charge in [-0.3, -0.25) is 0 Å².